The molecule has 0 bridgehead atoms. The maximum Gasteiger partial charge on any atom is 0.158 e. The molecule has 0 spiro atoms. The van der Waals surface area contributed by atoms with E-state index in [4.69, 9.17) is 4.84 Å². The lowest BCUT2D eigenvalue weighted by Crippen LogP contribution is -2.01. The van der Waals surface area contributed by atoms with Crippen LogP contribution in [-0.4, -0.2) is 10.7 Å². The summed E-state index contributed by atoms with van der Waals surface area (Å²) in [6.45, 7) is 0. The van der Waals surface area contributed by atoms with Crippen LogP contribution in [0.3, 0.4) is 0 Å². The first-order valence-corrected chi connectivity index (χ1v) is 5.61. The third-order valence-electron chi connectivity index (χ3n) is 2.85. The third kappa shape index (κ3) is 2.04. The lowest BCUT2D eigenvalue weighted by Gasteiger charge is -2.07. The molecule has 3 nitrogen and oxygen atoms in total. The molecule has 0 amide bonds. The highest BCUT2D eigenvalue weighted by molar-refractivity contribution is 6.01. The van der Waals surface area contributed by atoms with Crippen molar-refractivity contribution in [3.05, 3.63) is 66.0 Å². The zero-order valence-electron chi connectivity index (χ0n) is 9.28. The fraction of sp³-hybridized carbons (Fsp3) is 0.143. The van der Waals surface area contributed by atoms with Crippen LogP contribution in [0.25, 0.3) is 0 Å². The van der Waals surface area contributed by atoms with Crippen LogP contribution in [0, 0.1) is 0 Å². The Balaban J connectivity index is 1.78. The van der Waals surface area contributed by atoms with Crippen molar-refractivity contribution in [1.29, 1.82) is 0 Å². The van der Waals surface area contributed by atoms with E-state index in [1.54, 1.807) is 12.4 Å². The van der Waals surface area contributed by atoms with E-state index in [0.29, 0.717) is 0 Å². The van der Waals surface area contributed by atoms with E-state index in [0.717, 1.165) is 17.7 Å². The molecular formula is C14H12N2O. The van der Waals surface area contributed by atoms with Gasteiger partial charge in [-0.05, 0) is 17.7 Å². The van der Waals surface area contributed by atoms with Gasteiger partial charge >= 0.3 is 0 Å². The highest BCUT2D eigenvalue weighted by Crippen LogP contribution is 2.28. The largest absolute Gasteiger partial charge is 0.387 e. The summed E-state index contributed by atoms with van der Waals surface area (Å²) in [6.07, 6.45) is 4.40. The highest BCUT2D eigenvalue weighted by atomic mass is 16.6. The average molecular weight is 224 g/mol. The van der Waals surface area contributed by atoms with Crippen molar-refractivity contribution in [2.45, 2.75) is 12.5 Å². The van der Waals surface area contributed by atoms with Gasteiger partial charge in [-0.15, -0.1) is 0 Å². The second-order valence-electron chi connectivity index (χ2n) is 3.98. The molecule has 3 rings (SSSR count). The first-order chi connectivity index (χ1) is 8.43. The number of nitrogens with zero attached hydrogens (tertiary/aromatic N) is 2. The summed E-state index contributed by atoms with van der Waals surface area (Å²) in [5.74, 6) is 0. The predicted octanol–water partition coefficient (Wildman–Crippen LogP) is 2.95. The van der Waals surface area contributed by atoms with E-state index in [1.165, 1.54) is 5.56 Å². The molecule has 84 valence electrons. The van der Waals surface area contributed by atoms with Gasteiger partial charge in [0.25, 0.3) is 0 Å². The van der Waals surface area contributed by atoms with Crippen LogP contribution in [0.1, 0.15) is 23.7 Å². The lowest BCUT2D eigenvalue weighted by molar-refractivity contribution is 0.0857. The molecule has 1 atom stereocenters. The van der Waals surface area contributed by atoms with Crippen LogP contribution >= 0.6 is 0 Å². The van der Waals surface area contributed by atoms with Crippen molar-refractivity contribution in [3.8, 4) is 0 Å². The summed E-state index contributed by atoms with van der Waals surface area (Å²) in [4.78, 5) is 9.47. The van der Waals surface area contributed by atoms with Gasteiger partial charge in [-0.25, -0.2) is 0 Å². The summed E-state index contributed by atoms with van der Waals surface area (Å²) in [7, 11) is 0. The molecule has 3 heteroatoms. The van der Waals surface area contributed by atoms with Crippen LogP contribution in [0.2, 0.25) is 0 Å². The minimum Gasteiger partial charge on any atom is -0.387 e. The van der Waals surface area contributed by atoms with Crippen molar-refractivity contribution in [2.24, 2.45) is 5.16 Å². The molecule has 2 heterocycles. The van der Waals surface area contributed by atoms with Gasteiger partial charge in [-0.1, -0.05) is 35.5 Å². The number of benzene rings is 1. The average Bonchev–Trinajstić information content (AvgIpc) is 2.90. The van der Waals surface area contributed by atoms with E-state index in [1.807, 2.05) is 30.3 Å². The Morgan fingerprint density at radius 3 is 2.53 bits per heavy atom. The molecule has 1 aliphatic heterocycles. The Labute approximate surface area is 99.8 Å². The lowest BCUT2D eigenvalue weighted by atomic mass is 10.0. The molecule has 0 aliphatic carbocycles. The van der Waals surface area contributed by atoms with Gasteiger partial charge < -0.3 is 4.84 Å². The Morgan fingerprint density at radius 2 is 1.76 bits per heavy atom. The van der Waals surface area contributed by atoms with Crippen molar-refractivity contribution in [2.75, 3.05) is 0 Å². The minimum absolute atomic E-state index is 0.0411. The standard InChI is InChI=1S/C14H12N2O/c1-2-4-12(5-3-1)14-10-13(16-17-14)11-6-8-15-9-7-11/h1-9,14H,10H2/t14-/m0/s1. The van der Waals surface area contributed by atoms with Gasteiger partial charge in [0.1, 0.15) is 0 Å². The van der Waals surface area contributed by atoms with Crippen LogP contribution < -0.4 is 0 Å². The fourth-order valence-electron chi connectivity index (χ4n) is 1.94. The smallest absolute Gasteiger partial charge is 0.158 e. The van der Waals surface area contributed by atoms with E-state index in [-0.39, 0.29) is 6.10 Å². The number of hydrogen-bond donors (Lipinski definition) is 0. The van der Waals surface area contributed by atoms with Gasteiger partial charge in [0.2, 0.25) is 0 Å². The summed E-state index contributed by atoms with van der Waals surface area (Å²) < 4.78 is 0. The summed E-state index contributed by atoms with van der Waals surface area (Å²) in [6, 6.07) is 14.1. The van der Waals surface area contributed by atoms with Crippen molar-refractivity contribution in [1.82, 2.24) is 4.98 Å². The summed E-state index contributed by atoms with van der Waals surface area (Å²) in [5.41, 5.74) is 3.24. The summed E-state index contributed by atoms with van der Waals surface area (Å²) >= 11 is 0. The van der Waals surface area contributed by atoms with Gasteiger partial charge in [0.15, 0.2) is 6.10 Å². The van der Waals surface area contributed by atoms with Gasteiger partial charge in [-0.2, -0.15) is 0 Å². The second kappa shape index (κ2) is 4.37. The molecule has 1 aromatic heterocycles. The second-order valence-corrected chi connectivity index (χ2v) is 3.98. The highest BCUT2D eigenvalue weighted by Gasteiger charge is 2.23. The summed E-state index contributed by atoms with van der Waals surface area (Å²) in [5, 5.41) is 4.15. The maximum atomic E-state index is 5.47. The number of hydrogen-bond acceptors (Lipinski definition) is 3. The molecule has 0 unspecified atom stereocenters. The number of oxime groups is 1. The Morgan fingerprint density at radius 1 is 1.00 bits per heavy atom. The minimum atomic E-state index is 0.0411. The molecule has 0 saturated heterocycles. The topological polar surface area (TPSA) is 34.5 Å². The van der Waals surface area contributed by atoms with Crippen LogP contribution in [0.15, 0.2) is 60.0 Å². The van der Waals surface area contributed by atoms with E-state index >= 15 is 0 Å². The fourth-order valence-corrected chi connectivity index (χ4v) is 1.94. The molecule has 2 aromatic rings. The molecule has 17 heavy (non-hydrogen) atoms. The number of aromatic nitrogens is 1. The van der Waals surface area contributed by atoms with Gasteiger partial charge in [0.05, 0.1) is 5.71 Å². The zero-order chi connectivity index (χ0) is 11.5. The molecule has 0 N–H and O–H groups in total. The first kappa shape index (κ1) is 10.0. The Hall–Kier alpha value is -2.16. The normalized spacial score (nSPS) is 18.6. The molecule has 1 aromatic carbocycles. The SMILES string of the molecule is c1ccc([C@@H]2CC(c3ccncc3)=NO2)cc1. The maximum absolute atomic E-state index is 5.47. The molecule has 1 aliphatic rings. The van der Waals surface area contributed by atoms with Crippen LogP contribution in [-0.2, 0) is 4.84 Å². The van der Waals surface area contributed by atoms with E-state index in [2.05, 4.69) is 22.3 Å². The quantitative estimate of drug-likeness (QED) is 0.786. The molecular weight excluding hydrogens is 212 g/mol. The van der Waals surface area contributed by atoms with E-state index in [9.17, 15) is 0 Å². The van der Waals surface area contributed by atoms with Gasteiger partial charge in [0, 0.05) is 24.4 Å². The third-order valence-corrected chi connectivity index (χ3v) is 2.85. The zero-order valence-corrected chi connectivity index (χ0v) is 9.28. The van der Waals surface area contributed by atoms with Crippen molar-refractivity contribution >= 4 is 5.71 Å². The van der Waals surface area contributed by atoms with E-state index < -0.39 is 0 Å². The first-order valence-electron chi connectivity index (χ1n) is 5.61. The van der Waals surface area contributed by atoms with Crippen molar-refractivity contribution in [3.63, 3.8) is 0 Å². The number of rotatable bonds is 2. The van der Waals surface area contributed by atoms with Crippen molar-refractivity contribution < 1.29 is 4.84 Å². The number of pyridine rings is 1. The van der Waals surface area contributed by atoms with Crippen LogP contribution in [0.4, 0.5) is 0 Å². The monoisotopic (exact) mass is 224 g/mol. The predicted molar refractivity (Wildman–Crippen MR) is 65.7 cm³/mol. The molecule has 0 radical (unpaired) electrons. The molecule has 0 fully saturated rings. The molecule has 0 saturated carbocycles. The van der Waals surface area contributed by atoms with Gasteiger partial charge in [-0.3, -0.25) is 4.98 Å². The van der Waals surface area contributed by atoms with Crippen LogP contribution in [0.5, 0.6) is 0 Å². The Kier molecular flexibility index (Phi) is 2.58. The Bertz CT molecular complexity index is 522.